The Morgan fingerprint density at radius 1 is 1.24 bits per heavy atom. The highest BCUT2D eigenvalue weighted by atomic mass is 32.2. The zero-order chi connectivity index (χ0) is 15.6. The maximum atomic E-state index is 12.6. The lowest BCUT2D eigenvalue weighted by molar-refractivity contribution is 0.494. The van der Waals surface area contributed by atoms with Crippen molar-refractivity contribution >= 4 is 27.5 Å². The van der Waals surface area contributed by atoms with Gasteiger partial charge in [0.15, 0.2) is 0 Å². The van der Waals surface area contributed by atoms with Gasteiger partial charge >= 0.3 is 0 Å². The highest BCUT2D eigenvalue weighted by Crippen LogP contribution is 2.31. The normalized spacial score (nSPS) is 11.6. The number of sulfonamides is 1. The van der Waals surface area contributed by atoms with Gasteiger partial charge in [0.1, 0.15) is 16.4 Å². The topological polar surface area (TPSA) is 85.3 Å². The number of nitrogens with two attached hydrogens (primary N) is 1. The zero-order valence-corrected chi connectivity index (χ0v) is 13.8. The maximum Gasteiger partial charge on any atom is 0.265 e. The lowest BCUT2D eigenvalue weighted by Crippen LogP contribution is -2.16. The van der Waals surface area contributed by atoms with Crippen LogP contribution in [-0.2, 0) is 16.6 Å². The molecule has 0 saturated heterocycles. The van der Waals surface area contributed by atoms with Crippen molar-refractivity contribution < 1.29 is 12.8 Å². The van der Waals surface area contributed by atoms with Crippen molar-refractivity contribution in [2.75, 3.05) is 11.0 Å². The monoisotopic (exact) mass is 326 g/mol. The van der Waals surface area contributed by atoms with Gasteiger partial charge in [0, 0.05) is 17.0 Å². The molecule has 1 aromatic carbocycles. The Balaban J connectivity index is 2.49. The Labute approximate surface area is 129 Å². The summed E-state index contributed by atoms with van der Waals surface area (Å²) in [7, 11) is -3.74. The molecule has 0 aliphatic rings. The van der Waals surface area contributed by atoms with Crippen LogP contribution in [-0.4, -0.2) is 14.7 Å². The van der Waals surface area contributed by atoms with Crippen molar-refractivity contribution in [2.45, 2.75) is 30.2 Å². The molecule has 0 atom stereocenters. The molecule has 5 nitrogen and oxygen atoms in total. The maximum absolute atomic E-state index is 12.6. The molecule has 114 valence electrons. The summed E-state index contributed by atoms with van der Waals surface area (Å²) in [5, 5.41) is 0. The summed E-state index contributed by atoms with van der Waals surface area (Å²) in [6, 6.07) is 7.24. The smallest absolute Gasteiger partial charge is 0.265 e. The zero-order valence-electron chi connectivity index (χ0n) is 12.1. The lowest BCUT2D eigenvalue weighted by Gasteiger charge is -2.11. The van der Waals surface area contributed by atoms with Gasteiger partial charge in [-0.2, -0.15) is 0 Å². The number of nitrogens with one attached hydrogen (secondary N) is 1. The number of hydrogen-bond donors (Lipinski definition) is 2. The Kier molecular flexibility index (Phi) is 4.65. The molecule has 7 heteroatoms. The van der Waals surface area contributed by atoms with Crippen LogP contribution in [0.5, 0.6) is 0 Å². The molecule has 0 amide bonds. The van der Waals surface area contributed by atoms with E-state index in [-0.39, 0.29) is 11.4 Å². The van der Waals surface area contributed by atoms with Crippen LogP contribution < -0.4 is 10.5 Å². The molecule has 2 rings (SSSR count). The number of anilines is 1. The number of hydrogen-bond acceptors (Lipinski definition) is 5. The fourth-order valence-corrected chi connectivity index (χ4v) is 4.38. The number of thioether (sulfide) groups is 1. The molecule has 1 aromatic heterocycles. The summed E-state index contributed by atoms with van der Waals surface area (Å²) >= 11 is 1.48. The van der Waals surface area contributed by atoms with Crippen molar-refractivity contribution in [1.29, 1.82) is 0 Å². The molecule has 0 fully saturated rings. The lowest BCUT2D eigenvalue weighted by atomic mass is 10.2. The third-order valence-corrected chi connectivity index (χ3v) is 5.50. The highest BCUT2D eigenvalue weighted by Gasteiger charge is 2.26. The first kappa shape index (κ1) is 15.9. The summed E-state index contributed by atoms with van der Waals surface area (Å²) in [5.41, 5.74) is 6.72. The average Bonchev–Trinajstić information content (AvgIpc) is 2.73. The molecule has 0 spiro atoms. The van der Waals surface area contributed by atoms with Gasteiger partial charge in [-0.15, -0.1) is 11.8 Å². The van der Waals surface area contributed by atoms with Crippen molar-refractivity contribution in [3.8, 4) is 0 Å². The minimum Gasteiger partial charge on any atom is -0.465 e. The molecule has 0 unspecified atom stereocenters. The summed E-state index contributed by atoms with van der Waals surface area (Å²) in [4.78, 5) is 0.992. The predicted octanol–water partition coefficient (Wildman–Crippen LogP) is 2.88. The molecule has 21 heavy (non-hydrogen) atoms. The van der Waals surface area contributed by atoms with E-state index in [0.717, 1.165) is 4.90 Å². The van der Waals surface area contributed by atoms with E-state index in [1.54, 1.807) is 26.0 Å². The number of rotatable bonds is 5. The second-order valence-corrected chi connectivity index (χ2v) is 7.00. The highest BCUT2D eigenvalue weighted by molar-refractivity contribution is 7.99. The number of para-hydroxylation sites is 1. The Hall–Kier alpha value is -1.44. The third kappa shape index (κ3) is 3.09. The van der Waals surface area contributed by atoms with Gasteiger partial charge in [-0.3, -0.25) is 4.72 Å². The molecule has 0 saturated carbocycles. The summed E-state index contributed by atoms with van der Waals surface area (Å²) < 4.78 is 33.3. The fraction of sp³-hybridized carbons (Fsp3) is 0.286. The van der Waals surface area contributed by atoms with E-state index in [9.17, 15) is 8.42 Å². The largest absolute Gasteiger partial charge is 0.465 e. The van der Waals surface area contributed by atoms with Crippen LogP contribution in [0.25, 0.3) is 0 Å². The van der Waals surface area contributed by atoms with Crippen LogP contribution in [0.2, 0.25) is 0 Å². The van der Waals surface area contributed by atoms with Crippen LogP contribution in [0.1, 0.15) is 17.1 Å². The average molecular weight is 326 g/mol. The van der Waals surface area contributed by atoms with E-state index < -0.39 is 10.0 Å². The number of furan rings is 1. The predicted molar refractivity (Wildman–Crippen MR) is 85.1 cm³/mol. The molecule has 0 aliphatic heterocycles. The van der Waals surface area contributed by atoms with Crippen LogP contribution in [0, 0.1) is 13.8 Å². The van der Waals surface area contributed by atoms with Gasteiger partial charge in [0.2, 0.25) is 0 Å². The quantitative estimate of drug-likeness (QED) is 0.825. The first-order chi connectivity index (χ1) is 9.90. The SMILES string of the molecule is CSc1ccccc1NS(=O)(=O)c1c(C)oc(C)c1CN. The van der Waals surface area contributed by atoms with Crippen molar-refractivity contribution in [3.63, 3.8) is 0 Å². The van der Waals surface area contributed by atoms with Crippen molar-refractivity contribution in [1.82, 2.24) is 0 Å². The molecule has 3 N–H and O–H groups in total. The third-order valence-electron chi connectivity index (χ3n) is 3.15. The van der Waals surface area contributed by atoms with Gasteiger partial charge in [0.05, 0.1) is 5.69 Å². The van der Waals surface area contributed by atoms with E-state index in [1.165, 1.54) is 11.8 Å². The van der Waals surface area contributed by atoms with E-state index in [4.69, 9.17) is 10.2 Å². The van der Waals surface area contributed by atoms with Gasteiger partial charge in [-0.1, -0.05) is 12.1 Å². The standard InChI is InChI=1S/C14H18N2O3S2/c1-9-11(8-15)14(10(2)19-9)21(17,18)16-12-6-4-5-7-13(12)20-3/h4-7,16H,8,15H2,1-3H3. The second kappa shape index (κ2) is 6.13. The summed E-state index contributed by atoms with van der Waals surface area (Å²) in [5.74, 6) is 0.885. The van der Waals surface area contributed by atoms with Crippen molar-refractivity contribution in [2.24, 2.45) is 5.73 Å². The Morgan fingerprint density at radius 2 is 1.90 bits per heavy atom. The van der Waals surface area contributed by atoms with E-state index in [0.29, 0.717) is 22.8 Å². The number of aryl methyl sites for hydroxylation is 2. The Morgan fingerprint density at radius 3 is 2.52 bits per heavy atom. The fourth-order valence-electron chi connectivity index (χ4n) is 2.22. The molecule has 1 heterocycles. The molecule has 0 aliphatic carbocycles. The molecule has 0 bridgehead atoms. The van der Waals surface area contributed by atoms with Gasteiger partial charge < -0.3 is 10.2 Å². The van der Waals surface area contributed by atoms with Crippen molar-refractivity contribution in [3.05, 3.63) is 41.3 Å². The van der Waals surface area contributed by atoms with E-state index >= 15 is 0 Å². The summed E-state index contributed by atoms with van der Waals surface area (Å²) in [6.45, 7) is 3.45. The minimum absolute atomic E-state index is 0.115. The van der Waals surface area contributed by atoms with Gasteiger partial charge in [0.25, 0.3) is 10.0 Å². The summed E-state index contributed by atoms with van der Waals surface area (Å²) in [6.07, 6.45) is 1.89. The van der Waals surface area contributed by atoms with Gasteiger partial charge in [-0.05, 0) is 32.2 Å². The molecule has 2 aromatic rings. The van der Waals surface area contributed by atoms with Crippen LogP contribution in [0.3, 0.4) is 0 Å². The second-order valence-electron chi connectivity index (χ2n) is 4.53. The molecular weight excluding hydrogens is 308 g/mol. The molecular formula is C14H18N2O3S2. The van der Waals surface area contributed by atoms with Crippen LogP contribution >= 0.6 is 11.8 Å². The van der Waals surface area contributed by atoms with Crippen LogP contribution in [0.4, 0.5) is 5.69 Å². The van der Waals surface area contributed by atoms with Crippen LogP contribution in [0.15, 0.2) is 38.5 Å². The first-order valence-electron chi connectivity index (χ1n) is 6.35. The van der Waals surface area contributed by atoms with Gasteiger partial charge in [-0.25, -0.2) is 8.42 Å². The minimum atomic E-state index is -3.74. The molecule has 0 radical (unpaired) electrons. The number of benzene rings is 1. The van der Waals surface area contributed by atoms with E-state index in [1.807, 2.05) is 18.4 Å². The van der Waals surface area contributed by atoms with E-state index in [2.05, 4.69) is 4.72 Å². The Bertz CT molecular complexity index is 752. The first-order valence-corrected chi connectivity index (χ1v) is 9.06.